The van der Waals surface area contributed by atoms with Crippen LogP contribution in [0, 0.1) is 13.8 Å². The van der Waals surface area contributed by atoms with E-state index >= 15 is 0 Å². The fourth-order valence-corrected chi connectivity index (χ4v) is 5.47. The van der Waals surface area contributed by atoms with Crippen molar-refractivity contribution in [2.75, 3.05) is 38.0 Å². The first-order valence-electron chi connectivity index (χ1n) is 9.97. The minimum atomic E-state index is -3.64. The van der Waals surface area contributed by atoms with E-state index in [1.807, 2.05) is 106 Å². The molecule has 3 aromatic carbocycles. The van der Waals surface area contributed by atoms with Gasteiger partial charge in [-0.3, -0.25) is 0 Å². The fourth-order valence-electron chi connectivity index (χ4n) is 3.57. The molecule has 0 heterocycles. The molecular weight excluding hydrogens is 392 g/mol. The van der Waals surface area contributed by atoms with Crippen LogP contribution in [-0.2, 0) is 9.84 Å². The third-order valence-electron chi connectivity index (χ3n) is 5.42. The summed E-state index contributed by atoms with van der Waals surface area (Å²) in [5, 5.41) is -0.771. The number of nitrogens with zero attached hydrogens (tertiary/aromatic N) is 2. The molecular formula is C25H30N2O2S. The van der Waals surface area contributed by atoms with E-state index < -0.39 is 15.1 Å². The second-order valence-corrected chi connectivity index (χ2v) is 10.2. The Labute approximate surface area is 180 Å². The van der Waals surface area contributed by atoms with Crippen LogP contribution >= 0.6 is 0 Å². The van der Waals surface area contributed by atoms with Crippen molar-refractivity contribution >= 4 is 21.2 Å². The van der Waals surface area contributed by atoms with Crippen molar-refractivity contribution in [1.29, 1.82) is 0 Å². The van der Waals surface area contributed by atoms with Crippen LogP contribution in [0.3, 0.4) is 0 Å². The smallest absolute Gasteiger partial charge is 0.189 e. The molecule has 3 aromatic rings. The zero-order valence-electron chi connectivity index (χ0n) is 18.5. The predicted octanol–water partition coefficient (Wildman–Crippen LogP) is 5.00. The van der Waals surface area contributed by atoms with Gasteiger partial charge in [0.15, 0.2) is 9.84 Å². The first-order valence-corrected chi connectivity index (χ1v) is 11.5. The van der Waals surface area contributed by atoms with Crippen molar-refractivity contribution in [3.63, 3.8) is 0 Å². The van der Waals surface area contributed by atoms with Gasteiger partial charge >= 0.3 is 0 Å². The molecule has 0 aliphatic carbocycles. The predicted molar refractivity (Wildman–Crippen MR) is 126 cm³/mol. The number of benzene rings is 3. The monoisotopic (exact) mass is 422 g/mol. The molecule has 0 aliphatic rings. The van der Waals surface area contributed by atoms with E-state index in [9.17, 15) is 8.42 Å². The lowest BCUT2D eigenvalue weighted by atomic mass is 9.99. The number of aryl methyl sites for hydroxylation is 2. The van der Waals surface area contributed by atoms with E-state index in [1.165, 1.54) is 0 Å². The highest BCUT2D eigenvalue weighted by molar-refractivity contribution is 7.92. The molecule has 0 aliphatic heterocycles. The summed E-state index contributed by atoms with van der Waals surface area (Å²) in [6.07, 6.45) is 0. The maximum atomic E-state index is 13.8. The standard InChI is InChI=1S/C25H30N2O2S/c1-18-7-14-23(15-8-18)30(28,29)25(20-9-11-21(12-10-20)26(3)4)24-16-13-22(27(5)6)17-19(24)2/h7-17,25H,1-6H3. The lowest BCUT2D eigenvalue weighted by molar-refractivity contribution is 0.589. The Morgan fingerprint density at radius 1 is 0.700 bits per heavy atom. The van der Waals surface area contributed by atoms with Gasteiger partial charge in [-0.05, 0) is 66.9 Å². The molecule has 1 atom stereocenters. The highest BCUT2D eigenvalue weighted by Crippen LogP contribution is 2.38. The quantitative estimate of drug-likeness (QED) is 0.561. The Bertz CT molecular complexity index is 1120. The van der Waals surface area contributed by atoms with Gasteiger partial charge in [0, 0.05) is 39.6 Å². The summed E-state index contributed by atoms with van der Waals surface area (Å²) in [6, 6.07) is 20.9. The average Bonchev–Trinajstić information content (AvgIpc) is 2.70. The molecule has 3 rings (SSSR count). The van der Waals surface area contributed by atoms with Gasteiger partial charge in [0.25, 0.3) is 0 Å². The zero-order valence-corrected chi connectivity index (χ0v) is 19.4. The molecule has 5 heteroatoms. The molecule has 30 heavy (non-hydrogen) atoms. The normalized spacial score (nSPS) is 12.5. The minimum Gasteiger partial charge on any atom is -0.378 e. The van der Waals surface area contributed by atoms with Gasteiger partial charge in [-0.1, -0.05) is 35.9 Å². The van der Waals surface area contributed by atoms with Crippen LogP contribution in [-0.4, -0.2) is 36.6 Å². The largest absolute Gasteiger partial charge is 0.378 e. The van der Waals surface area contributed by atoms with E-state index in [-0.39, 0.29) is 0 Å². The average molecular weight is 423 g/mol. The van der Waals surface area contributed by atoms with Crippen LogP contribution in [0.1, 0.15) is 27.5 Å². The lowest BCUT2D eigenvalue weighted by Gasteiger charge is -2.23. The van der Waals surface area contributed by atoms with E-state index in [0.717, 1.165) is 33.6 Å². The molecule has 0 fully saturated rings. The van der Waals surface area contributed by atoms with E-state index in [1.54, 1.807) is 12.1 Å². The van der Waals surface area contributed by atoms with Crippen LogP contribution in [0.25, 0.3) is 0 Å². The lowest BCUT2D eigenvalue weighted by Crippen LogP contribution is -2.17. The van der Waals surface area contributed by atoms with Gasteiger partial charge in [-0.2, -0.15) is 0 Å². The summed E-state index contributed by atoms with van der Waals surface area (Å²) in [5.74, 6) is 0. The SMILES string of the molecule is Cc1ccc(S(=O)(=O)C(c2ccc(N(C)C)cc2)c2ccc(N(C)C)cc2C)cc1. The molecule has 158 valence electrons. The third-order valence-corrected chi connectivity index (χ3v) is 7.50. The second-order valence-electron chi connectivity index (χ2n) is 8.16. The molecule has 1 unspecified atom stereocenters. The van der Waals surface area contributed by atoms with Gasteiger partial charge in [0.05, 0.1) is 4.90 Å². The summed E-state index contributed by atoms with van der Waals surface area (Å²) >= 11 is 0. The van der Waals surface area contributed by atoms with Crippen LogP contribution in [0.5, 0.6) is 0 Å². The molecule has 0 aromatic heterocycles. The van der Waals surface area contributed by atoms with Crippen molar-refractivity contribution in [1.82, 2.24) is 0 Å². The van der Waals surface area contributed by atoms with Gasteiger partial charge in [-0.25, -0.2) is 8.42 Å². The van der Waals surface area contributed by atoms with E-state index in [4.69, 9.17) is 0 Å². The summed E-state index contributed by atoms with van der Waals surface area (Å²) in [6.45, 7) is 3.94. The Balaban J connectivity index is 2.20. The molecule has 0 spiro atoms. The molecule has 0 bridgehead atoms. The number of rotatable bonds is 6. The molecule has 0 N–H and O–H groups in total. The molecule has 0 saturated heterocycles. The minimum absolute atomic E-state index is 0.339. The van der Waals surface area contributed by atoms with Gasteiger partial charge in [0.2, 0.25) is 0 Å². The van der Waals surface area contributed by atoms with Crippen LogP contribution < -0.4 is 9.80 Å². The first kappa shape index (κ1) is 21.9. The van der Waals surface area contributed by atoms with Crippen molar-refractivity contribution in [3.8, 4) is 0 Å². The van der Waals surface area contributed by atoms with Crippen molar-refractivity contribution in [2.24, 2.45) is 0 Å². The van der Waals surface area contributed by atoms with Crippen LogP contribution in [0.2, 0.25) is 0 Å². The zero-order chi connectivity index (χ0) is 22.1. The van der Waals surface area contributed by atoms with Gasteiger partial charge in [0.1, 0.15) is 5.25 Å². The summed E-state index contributed by atoms with van der Waals surface area (Å²) in [7, 11) is 4.27. The van der Waals surface area contributed by atoms with Crippen molar-refractivity contribution in [2.45, 2.75) is 24.0 Å². The Morgan fingerprint density at radius 2 is 1.23 bits per heavy atom. The maximum Gasteiger partial charge on any atom is 0.189 e. The van der Waals surface area contributed by atoms with Gasteiger partial charge in [-0.15, -0.1) is 0 Å². The van der Waals surface area contributed by atoms with E-state index in [0.29, 0.717) is 4.90 Å². The molecule has 0 saturated carbocycles. The second kappa shape index (κ2) is 8.52. The highest BCUT2D eigenvalue weighted by atomic mass is 32.2. The molecule has 0 radical (unpaired) electrons. The Kier molecular flexibility index (Phi) is 6.22. The summed E-state index contributed by atoms with van der Waals surface area (Å²) in [4.78, 5) is 4.36. The molecule has 4 nitrogen and oxygen atoms in total. The Hall–Kier alpha value is -2.79. The first-order chi connectivity index (χ1) is 14.1. The topological polar surface area (TPSA) is 40.6 Å². The van der Waals surface area contributed by atoms with Crippen molar-refractivity contribution in [3.05, 3.63) is 89.0 Å². The highest BCUT2D eigenvalue weighted by Gasteiger charge is 2.32. The number of hydrogen-bond acceptors (Lipinski definition) is 4. The summed E-state index contributed by atoms with van der Waals surface area (Å²) in [5.41, 5.74) is 5.64. The maximum absolute atomic E-state index is 13.8. The summed E-state index contributed by atoms with van der Waals surface area (Å²) < 4.78 is 27.6. The van der Waals surface area contributed by atoms with Crippen molar-refractivity contribution < 1.29 is 8.42 Å². The fraction of sp³-hybridized carbons (Fsp3) is 0.280. The van der Waals surface area contributed by atoms with E-state index in [2.05, 4.69) is 0 Å². The van der Waals surface area contributed by atoms with Crippen LogP contribution in [0.15, 0.2) is 71.6 Å². The molecule has 0 amide bonds. The van der Waals surface area contributed by atoms with Gasteiger partial charge < -0.3 is 9.80 Å². The number of sulfone groups is 1. The Morgan fingerprint density at radius 3 is 1.73 bits per heavy atom. The number of hydrogen-bond donors (Lipinski definition) is 0. The van der Waals surface area contributed by atoms with Crippen LogP contribution in [0.4, 0.5) is 11.4 Å². The third kappa shape index (κ3) is 4.36. The number of anilines is 2.